The molecule has 0 fully saturated rings. The van der Waals surface area contributed by atoms with Crippen LogP contribution >= 0.6 is 15.9 Å². The molecule has 0 aliphatic heterocycles. The first-order valence-corrected chi connectivity index (χ1v) is 5.33. The molecule has 13 heavy (non-hydrogen) atoms. The van der Waals surface area contributed by atoms with Crippen molar-refractivity contribution in [2.75, 3.05) is 0 Å². The summed E-state index contributed by atoms with van der Waals surface area (Å²) in [4.78, 5) is -0.854. The Bertz CT molecular complexity index is 446. The molecule has 0 aliphatic carbocycles. The van der Waals surface area contributed by atoms with E-state index in [-0.39, 0.29) is 4.47 Å². The minimum absolute atomic E-state index is 0.155. The van der Waals surface area contributed by atoms with Crippen molar-refractivity contribution >= 4 is 26.0 Å². The molecule has 0 bridgehead atoms. The lowest BCUT2D eigenvalue weighted by Gasteiger charge is -2.01. The summed E-state index contributed by atoms with van der Waals surface area (Å²) in [5.74, 6) is -1.97. The maximum absolute atomic E-state index is 12.9. The minimum Gasteiger partial charge on any atom is -0.225 e. The highest BCUT2D eigenvalue weighted by Gasteiger charge is 2.17. The Balaban J connectivity index is 3.50. The zero-order valence-electron chi connectivity index (χ0n) is 6.09. The standard InChI is InChI=1S/C6H4BrF2NO2S/c7-3-1-5(9)6(2-4(3)8)13(10,11)12/h1-2H,(H2,10,11,12). The SMILES string of the molecule is NS(=O)(=O)c1cc(F)c(Br)cc1F. The first-order chi connectivity index (χ1) is 5.82. The highest BCUT2D eigenvalue weighted by Crippen LogP contribution is 2.21. The molecule has 0 heterocycles. The van der Waals surface area contributed by atoms with E-state index < -0.39 is 26.6 Å². The van der Waals surface area contributed by atoms with Gasteiger partial charge in [0.1, 0.15) is 16.5 Å². The minimum atomic E-state index is -4.21. The Morgan fingerprint density at radius 3 is 2.23 bits per heavy atom. The maximum atomic E-state index is 12.9. The number of hydrogen-bond donors (Lipinski definition) is 1. The van der Waals surface area contributed by atoms with Crippen molar-refractivity contribution in [3.8, 4) is 0 Å². The van der Waals surface area contributed by atoms with E-state index in [1.165, 1.54) is 0 Å². The van der Waals surface area contributed by atoms with Crippen molar-refractivity contribution < 1.29 is 17.2 Å². The van der Waals surface area contributed by atoms with Gasteiger partial charge in [0.05, 0.1) is 4.47 Å². The van der Waals surface area contributed by atoms with E-state index in [1.54, 1.807) is 0 Å². The van der Waals surface area contributed by atoms with Gasteiger partial charge in [-0.25, -0.2) is 22.3 Å². The summed E-state index contributed by atoms with van der Waals surface area (Å²) in [5.41, 5.74) is 0. The lowest BCUT2D eigenvalue weighted by molar-refractivity contribution is 0.551. The van der Waals surface area contributed by atoms with E-state index in [4.69, 9.17) is 0 Å². The summed E-state index contributed by atoms with van der Waals surface area (Å²) in [6.07, 6.45) is 0. The van der Waals surface area contributed by atoms with Crippen molar-refractivity contribution in [3.63, 3.8) is 0 Å². The van der Waals surface area contributed by atoms with Crippen LogP contribution in [0.5, 0.6) is 0 Å². The maximum Gasteiger partial charge on any atom is 0.241 e. The number of benzene rings is 1. The van der Waals surface area contributed by atoms with Crippen LogP contribution in [0.4, 0.5) is 8.78 Å². The molecule has 0 unspecified atom stereocenters. The normalized spacial score (nSPS) is 11.7. The summed E-state index contributed by atoms with van der Waals surface area (Å²) in [5, 5.41) is 4.63. The fourth-order valence-corrected chi connectivity index (χ4v) is 1.64. The summed E-state index contributed by atoms with van der Waals surface area (Å²) < 4.78 is 46.8. The molecule has 0 radical (unpaired) electrons. The number of hydrogen-bond acceptors (Lipinski definition) is 2. The number of primary sulfonamides is 1. The van der Waals surface area contributed by atoms with Gasteiger partial charge >= 0.3 is 0 Å². The van der Waals surface area contributed by atoms with Crippen LogP contribution in [0.2, 0.25) is 0 Å². The van der Waals surface area contributed by atoms with Gasteiger partial charge in [-0.05, 0) is 28.1 Å². The Labute approximate surface area is 81.7 Å². The van der Waals surface area contributed by atoms with Crippen LogP contribution in [0, 0.1) is 11.6 Å². The van der Waals surface area contributed by atoms with Crippen LogP contribution in [0.25, 0.3) is 0 Å². The average Bonchev–Trinajstić information content (AvgIpc) is 1.94. The highest BCUT2D eigenvalue weighted by atomic mass is 79.9. The second-order valence-electron chi connectivity index (χ2n) is 2.24. The van der Waals surface area contributed by atoms with Crippen LogP contribution in [-0.2, 0) is 10.0 Å². The zero-order chi connectivity index (χ0) is 10.2. The van der Waals surface area contributed by atoms with Gasteiger partial charge in [-0.1, -0.05) is 0 Å². The molecular formula is C6H4BrF2NO2S. The van der Waals surface area contributed by atoms with Crippen molar-refractivity contribution in [1.29, 1.82) is 0 Å². The summed E-state index contributed by atoms with van der Waals surface area (Å²) >= 11 is 2.70. The molecule has 0 amide bonds. The van der Waals surface area contributed by atoms with Crippen LogP contribution in [-0.4, -0.2) is 8.42 Å². The molecular weight excluding hydrogens is 268 g/mol. The van der Waals surface area contributed by atoms with E-state index in [9.17, 15) is 17.2 Å². The molecule has 0 aliphatic rings. The molecule has 7 heteroatoms. The molecule has 0 atom stereocenters. The molecule has 0 spiro atoms. The third kappa shape index (κ3) is 2.23. The van der Waals surface area contributed by atoms with Crippen molar-refractivity contribution in [3.05, 3.63) is 28.2 Å². The van der Waals surface area contributed by atoms with Crippen LogP contribution in [0.3, 0.4) is 0 Å². The van der Waals surface area contributed by atoms with E-state index >= 15 is 0 Å². The third-order valence-corrected chi connectivity index (χ3v) is 2.81. The van der Waals surface area contributed by atoms with Crippen LogP contribution in [0.15, 0.2) is 21.5 Å². The molecule has 0 saturated heterocycles. The van der Waals surface area contributed by atoms with Gasteiger partial charge in [0, 0.05) is 0 Å². The molecule has 0 saturated carbocycles. The predicted molar refractivity (Wildman–Crippen MR) is 45.4 cm³/mol. The molecule has 2 N–H and O–H groups in total. The molecule has 3 nitrogen and oxygen atoms in total. The van der Waals surface area contributed by atoms with Gasteiger partial charge in [-0.2, -0.15) is 0 Å². The smallest absolute Gasteiger partial charge is 0.225 e. The van der Waals surface area contributed by atoms with Gasteiger partial charge in [0.15, 0.2) is 0 Å². The second-order valence-corrected chi connectivity index (χ2v) is 4.63. The van der Waals surface area contributed by atoms with Crippen molar-refractivity contribution in [2.45, 2.75) is 4.90 Å². The third-order valence-electron chi connectivity index (χ3n) is 1.28. The first-order valence-electron chi connectivity index (χ1n) is 2.99. The van der Waals surface area contributed by atoms with E-state index in [1.807, 2.05) is 0 Å². The number of sulfonamides is 1. The molecule has 1 rings (SSSR count). The van der Waals surface area contributed by atoms with Crippen molar-refractivity contribution in [1.82, 2.24) is 0 Å². The van der Waals surface area contributed by atoms with Crippen molar-refractivity contribution in [2.24, 2.45) is 5.14 Å². The lowest BCUT2D eigenvalue weighted by atomic mass is 10.3. The van der Waals surface area contributed by atoms with Gasteiger partial charge in [0.25, 0.3) is 0 Å². The molecule has 1 aromatic rings. The van der Waals surface area contributed by atoms with Crippen LogP contribution in [0.1, 0.15) is 0 Å². The van der Waals surface area contributed by atoms with Gasteiger partial charge < -0.3 is 0 Å². The summed E-state index contributed by atoms with van der Waals surface area (Å²) in [7, 11) is -4.21. The fourth-order valence-electron chi connectivity index (χ4n) is 0.722. The highest BCUT2D eigenvalue weighted by molar-refractivity contribution is 9.10. The second kappa shape index (κ2) is 3.32. The number of halogens is 3. The molecule has 72 valence electrons. The van der Waals surface area contributed by atoms with E-state index in [0.717, 1.165) is 0 Å². The fraction of sp³-hybridized carbons (Fsp3) is 0. The van der Waals surface area contributed by atoms with E-state index in [2.05, 4.69) is 21.1 Å². The Morgan fingerprint density at radius 2 is 1.77 bits per heavy atom. The predicted octanol–water partition coefficient (Wildman–Crippen LogP) is 1.37. The van der Waals surface area contributed by atoms with Crippen LogP contribution < -0.4 is 5.14 Å². The van der Waals surface area contributed by atoms with E-state index in [0.29, 0.717) is 12.1 Å². The molecule has 0 aromatic heterocycles. The average molecular weight is 272 g/mol. The molecule has 1 aromatic carbocycles. The summed E-state index contributed by atoms with van der Waals surface area (Å²) in [6, 6.07) is 1.23. The Hall–Kier alpha value is -0.530. The van der Waals surface area contributed by atoms with Gasteiger partial charge in [-0.3, -0.25) is 0 Å². The lowest BCUT2D eigenvalue weighted by Crippen LogP contribution is -2.14. The largest absolute Gasteiger partial charge is 0.241 e. The van der Waals surface area contributed by atoms with Gasteiger partial charge in [-0.15, -0.1) is 0 Å². The number of nitrogens with two attached hydrogens (primary N) is 1. The Kier molecular flexibility index (Phi) is 2.69. The first kappa shape index (κ1) is 10.6. The summed E-state index contributed by atoms with van der Waals surface area (Å²) in [6.45, 7) is 0. The topological polar surface area (TPSA) is 60.2 Å². The van der Waals surface area contributed by atoms with Gasteiger partial charge in [0.2, 0.25) is 10.0 Å². The zero-order valence-corrected chi connectivity index (χ0v) is 8.49. The quantitative estimate of drug-likeness (QED) is 0.785. The number of rotatable bonds is 1. The Morgan fingerprint density at radius 1 is 1.23 bits per heavy atom. The monoisotopic (exact) mass is 271 g/mol.